The molecule has 1 unspecified atom stereocenters. The van der Waals surface area contributed by atoms with Crippen molar-refractivity contribution in [1.82, 2.24) is 10.1 Å². The Morgan fingerprint density at radius 2 is 1.97 bits per heavy atom. The molecule has 1 saturated heterocycles. The van der Waals surface area contributed by atoms with Crippen LogP contribution in [0, 0.1) is 11.7 Å². The zero-order valence-corrected chi connectivity index (χ0v) is 18.5. The summed E-state index contributed by atoms with van der Waals surface area (Å²) in [5, 5.41) is 14.3. The Morgan fingerprint density at radius 1 is 1.15 bits per heavy atom. The van der Waals surface area contributed by atoms with Gasteiger partial charge in [0.25, 0.3) is 0 Å². The minimum Gasteiger partial charge on any atom is -0.493 e. The van der Waals surface area contributed by atoms with Crippen molar-refractivity contribution >= 4 is 22.7 Å². The lowest BCUT2D eigenvalue weighted by molar-refractivity contribution is -0.139. The molecular weight excluding hydrogens is 443 g/mol. The number of ether oxygens (including phenoxy) is 2. The fourth-order valence-electron chi connectivity index (χ4n) is 4.65. The van der Waals surface area contributed by atoms with E-state index >= 15 is 0 Å². The maximum atomic E-state index is 13.4. The van der Waals surface area contributed by atoms with Crippen LogP contribution in [0.2, 0.25) is 0 Å². The van der Waals surface area contributed by atoms with Crippen molar-refractivity contribution in [1.29, 1.82) is 0 Å². The lowest BCUT2D eigenvalue weighted by atomic mass is 9.91. The van der Waals surface area contributed by atoms with Gasteiger partial charge in [0, 0.05) is 30.0 Å². The van der Waals surface area contributed by atoms with Crippen LogP contribution in [0.5, 0.6) is 11.5 Å². The highest BCUT2D eigenvalue weighted by Gasteiger charge is 2.36. The van der Waals surface area contributed by atoms with Gasteiger partial charge in [0.1, 0.15) is 23.2 Å². The molecule has 178 valence electrons. The molecule has 0 bridgehead atoms. The van der Waals surface area contributed by atoms with Gasteiger partial charge in [-0.15, -0.1) is 0 Å². The first-order valence-electron chi connectivity index (χ1n) is 11.4. The van der Waals surface area contributed by atoms with Gasteiger partial charge in [-0.25, -0.2) is 4.39 Å². The SMILES string of the molecule is O=C1Oc2cc(OCCCN3CCC(c4noc5cc(F)ccc45)CC3)ccc2C(=O)C1CO. The Bertz CT molecular complexity index is 1220. The Labute approximate surface area is 195 Å². The Balaban J connectivity index is 1.09. The van der Waals surface area contributed by atoms with E-state index in [9.17, 15) is 19.1 Å². The number of fused-ring (bicyclic) bond motifs is 2. The van der Waals surface area contributed by atoms with E-state index in [-0.39, 0.29) is 17.1 Å². The van der Waals surface area contributed by atoms with Gasteiger partial charge in [0.2, 0.25) is 0 Å². The van der Waals surface area contributed by atoms with Crippen LogP contribution in [0.1, 0.15) is 41.2 Å². The van der Waals surface area contributed by atoms with E-state index < -0.39 is 24.3 Å². The van der Waals surface area contributed by atoms with E-state index in [1.807, 2.05) is 0 Å². The van der Waals surface area contributed by atoms with Crippen molar-refractivity contribution < 1.29 is 33.1 Å². The molecule has 1 N–H and O–H groups in total. The van der Waals surface area contributed by atoms with E-state index in [1.165, 1.54) is 12.1 Å². The number of aliphatic hydroxyl groups excluding tert-OH is 1. The maximum absolute atomic E-state index is 13.4. The molecule has 0 radical (unpaired) electrons. The smallest absolute Gasteiger partial charge is 0.324 e. The minimum atomic E-state index is -1.16. The predicted molar refractivity (Wildman–Crippen MR) is 119 cm³/mol. The quantitative estimate of drug-likeness (QED) is 0.244. The van der Waals surface area contributed by atoms with Crippen molar-refractivity contribution in [2.45, 2.75) is 25.2 Å². The van der Waals surface area contributed by atoms with E-state index in [0.29, 0.717) is 23.9 Å². The molecule has 2 aliphatic heterocycles. The number of likely N-dealkylation sites (tertiary alicyclic amines) is 1. The molecule has 1 fully saturated rings. The van der Waals surface area contributed by atoms with Crippen molar-refractivity contribution in [2.75, 3.05) is 32.8 Å². The number of aromatic nitrogens is 1. The molecule has 9 heteroatoms. The number of ketones is 1. The van der Waals surface area contributed by atoms with Crippen LogP contribution < -0.4 is 9.47 Å². The standard InChI is InChI=1S/C25H25FN2O6/c26-16-2-4-18-22(12-16)34-27-23(18)15-6-9-28(10-7-15)8-1-11-32-17-3-5-19-21(13-17)33-25(31)20(14-29)24(19)30/h2-5,12-13,15,20,29H,1,6-11,14H2. The first-order chi connectivity index (χ1) is 16.5. The van der Waals surface area contributed by atoms with Crippen molar-refractivity contribution in [3.8, 4) is 11.5 Å². The van der Waals surface area contributed by atoms with E-state index in [1.54, 1.807) is 24.3 Å². The Kier molecular flexibility index (Phi) is 6.30. The van der Waals surface area contributed by atoms with Gasteiger partial charge in [0.05, 0.1) is 24.5 Å². The number of rotatable bonds is 7. The van der Waals surface area contributed by atoms with Crippen LogP contribution in [0.15, 0.2) is 40.9 Å². The number of aliphatic hydroxyl groups is 1. The summed E-state index contributed by atoms with van der Waals surface area (Å²) in [6.07, 6.45) is 2.73. The molecule has 34 heavy (non-hydrogen) atoms. The van der Waals surface area contributed by atoms with Gasteiger partial charge in [-0.1, -0.05) is 5.16 Å². The number of hydrogen-bond donors (Lipinski definition) is 1. The summed E-state index contributed by atoms with van der Waals surface area (Å²) in [4.78, 5) is 26.5. The minimum absolute atomic E-state index is 0.169. The summed E-state index contributed by atoms with van der Waals surface area (Å²) in [5.74, 6) is -1.68. The Morgan fingerprint density at radius 3 is 2.76 bits per heavy atom. The topological polar surface area (TPSA) is 102 Å². The highest BCUT2D eigenvalue weighted by atomic mass is 19.1. The lowest BCUT2D eigenvalue weighted by Crippen LogP contribution is -2.35. The van der Waals surface area contributed by atoms with Crippen molar-refractivity contribution in [3.05, 3.63) is 53.5 Å². The largest absolute Gasteiger partial charge is 0.493 e. The first kappa shape index (κ1) is 22.5. The van der Waals surface area contributed by atoms with Crippen LogP contribution in [0.4, 0.5) is 4.39 Å². The second kappa shape index (κ2) is 9.52. The number of carbonyl (C=O) groups excluding carboxylic acids is 2. The third-order valence-electron chi connectivity index (χ3n) is 6.54. The number of halogens is 1. The van der Waals surface area contributed by atoms with Crippen molar-refractivity contribution in [3.63, 3.8) is 0 Å². The van der Waals surface area contributed by atoms with Crippen molar-refractivity contribution in [2.24, 2.45) is 5.92 Å². The molecule has 3 heterocycles. The molecule has 8 nitrogen and oxygen atoms in total. The fraction of sp³-hybridized carbons (Fsp3) is 0.400. The molecule has 2 aliphatic rings. The summed E-state index contributed by atoms with van der Waals surface area (Å²) in [7, 11) is 0. The summed E-state index contributed by atoms with van der Waals surface area (Å²) in [6, 6.07) is 9.32. The number of hydrogen-bond acceptors (Lipinski definition) is 8. The Hall–Kier alpha value is -3.30. The second-order valence-electron chi connectivity index (χ2n) is 8.70. The number of benzene rings is 2. The average molecular weight is 468 g/mol. The van der Waals surface area contributed by atoms with Crippen LogP contribution in [-0.2, 0) is 4.79 Å². The maximum Gasteiger partial charge on any atom is 0.324 e. The van der Waals surface area contributed by atoms with E-state index in [4.69, 9.17) is 14.0 Å². The van der Waals surface area contributed by atoms with Gasteiger partial charge in [-0.05, 0) is 56.6 Å². The number of nitrogens with zero attached hydrogens (tertiary/aromatic N) is 2. The monoisotopic (exact) mass is 468 g/mol. The van der Waals surface area contributed by atoms with Gasteiger partial charge in [0.15, 0.2) is 11.4 Å². The number of carbonyl (C=O) groups is 2. The number of Topliss-reactive ketones (excluding diaryl/α,β-unsaturated/α-hetero) is 1. The molecule has 3 aromatic rings. The molecule has 1 atom stereocenters. The van der Waals surface area contributed by atoms with Gasteiger partial charge in [-0.3, -0.25) is 9.59 Å². The van der Waals surface area contributed by atoms with E-state index in [2.05, 4.69) is 10.1 Å². The summed E-state index contributed by atoms with van der Waals surface area (Å²) in [5.41, 5.74) is 1.68. The average Bonchev–Trinajstić information content (AvgIpc) is 3.25. The molecule has 0 amide bonds. The van der Waals surface area contributed by atoms with Gasteiger partial charge in [-0.2, -0.15) is 0 Å². The first-order valence-corrected chi connectivity index (χ1v) is 11.4. The van der Waals surface area contributed by atoms with Crippen LogP contribution in [0.25, 0.3) is 11.0 Å². The van der Waals surface area contributed by atoms with Crippen LogP contribution in [-0.4, -0.2) is 59.8 Å². The molecular formula is C25H25FN2O6. The van der Waals surface area contributed by atoms with Crippen LogP contribution in [0.3, 0.4) is 0 Å². The molecule has 2 aromatic carbocycles. The molecule has 0 aliphatic carbocycles. The summed E-state index contributed by atoms with van der Waals surface area (Å²) in [6.45, 7) is 2.67. The highest BCUT2D eigenvalue weighted by Crippen LogP contribution is 2.33. The zero-order valence-electron chi connectivity index (χ0n) is 18.5. The lowest BCUT2D eigenvalue weighted by Gasteiger charge is -2.31. The second-order valence-corrected chi connectivity index (χ2v) is 8.70. The molecule has 0 saturated carbocycles. The number of piperidine rings is 1. The normalized spacial score (nSPS) is 19.3. The van der Waals surface area contributed by atoms with E-state index in [0.717, 1.165) is 50.0 Å². The molecule has 1 aromatic heterocycles. The predicted octanol–water partition coefficient (Wildman–Crippen LogP) is 3.33. The summed E-state index contributed by atoms with van der Waals surface area (Å²) < 4.78 is 29.7. The van der Waals surface area contributed by atoms with Gasteiger partial charge < -0.3 is 24.0 Å². The summed E-state index contributed by atoms with van der Waals surface area (Å²) >= 11 is 0. The third kappa shape index (κ3) is 4.41. The van der Waals surface area contributed by atoms with Crippen LogP contribution >= 0.6 is 0 Å². The highest BCUT2D eigenvalue weighted by molar-refractivity contribution is 6.13. The molecule has 5 rings (SSSR count). The number of esters is 1. The third-order valence-corrected chi connectivity index (χ3v) is 6.54. The molecule has 0 spiro atoms. The van der Waals surface area contributed by atoms with Gasteiger partial charge >= 0.3 is 5.97 Å². The fourth-order valence-corrected chi connectivity index (χ4v) is 4.65. The zero-order chi connectivity index (χ0) is 23.7.